The standard InChI is InChI=1S/C16H21BrClN3/c1-2-11-4-3-5-13(8-11)21-15(6-7-18)20-14-9-12(17)10-19-16(14)21/h9-11,13H,2-8H2,1H3. The highest BCUT2D eigenvalue weighted by Gasteiger charge is 2.26. The van der Waals surface area contributed by atoms with E-state index in [0.29, 0.717) is 11.9 Å². The summed E-state index contributed by atoms with van der Waals surface area (Å²) in [6.45, 7) is 2.30. The van der Waals surface area contributed by atoms with Crippen molar-refractivity contribution in [3.8, 4) is 0 Å². The van der Waals surface area contributed by atoms with Gasteiger partial charge in [0.05, 0.1) is 0 Å². The SMILES string of the molecule is CCC1CCCC(n2c(CCCl)nc3cc(Br)cnc32)C1. The second-order valence-corrected chi connectivity index (χ2v) is 7.22. The van der Waals surface area contributed by atoms with Gasteiger partial charge < -0.3 is 4.57 Å². The average Bonchev–Trinajstić information content (AvgIpc) is 2.84. The highest BCUT2D eigenvalue weighted by atomic mass is 79.9. The molecule has 0 aromatic carbocycles. The molecule has 2 aromatic heterocycles. The summed E-state index contributed by atoms with van der Waals surface area (Å²) in [5.74, 6) is 2.53. The second-order valence-electron chi connectivity index (χ2n) is 5.93. The van der Waals surface area contributed by atoms with E-state index in [-0.39, 0.29) is 0 Å². The van der Waals surface area contributed by atoms with Crippen molar-refractivity contribution < 1.29 is 0 Å². The molecule has 0 bridgehead atoms. The first kappa shape index (κ1) is 15.3. The van der Waals surface area contributed by atoms with Crippen LogP contribution in [0.3, 0.4) is 0 Å². The molecule has 1 fully saturated rings. The number of hydrogen-bond donors (Lipinski definition) is 0. The van der Waals surface area contributed by atoms with E-state index in [0.717, 1.165) is 33.8 Å². The van der Waals surface area contributed by atoms with Crippen LogP contribution in [0, 0.1) is 5.92 Å². The molecule has 0 aliphatic heterocycles. The first-order chi connectivity index (χ1) is 10.2. The highest BCUT2D eigenvalue weighted by Crippen LogP contribution is 2.36. The Morgan fingerprint density at radius 2 is 2.29 bits per heavy atom. The van der Waals surface area contributed by atoms with Crippen molar-refractivity contribution in [2.45, 2.75) is 51.5 Å². The normalized spacial score (nSPS) is 22.8. The van der Waals surface area contributed by atoms with Gasteiger partial charge in [0.25, 0.3) is 0 Å². The monoisotopic (exact) mass is 369 g/mol. The predicted octanol–water partition coefficient (Wildman–Crippen LogP) is 5.12. The Kier molecular flexibility index (Phi) is 4.85. The Morgan fingerprint density at radius 1 is 1.43 bits per heavy atom. The van der Waals surface area contributed by atoms with Crippen LogP contribution < -0.4 is 0 Å². The Labute approximate surface area is 139 Å². The Bertz CT molecular complexity index is 625. The van der Waals surface area contributed by atoms with Crippen LogP contribution in [0.15, 0.2) is 16.7 Å². The fourth-order valence-electron chi connectivity index (χ4n) is 3.52. The van der Waals surface area contributed by atoms with E-state index in [1.54, 1.807) is 0 Å². The van der Waals surface area contributed by atoms with Crippen molar-refractivity contribution in [3.05, 3.63) is 22.6 Å². The van der Waals surface area contributed by atoms with Crippen molar-refractivity contribution in [1.29, 1.82) is 0 Å². The molecule has 0 radical (unpaired) electrons. The largest absolute Gasteiger partial charge is 0.310 e. The number of halogens is 2. The minimum atomic E-state index is 0.528. The number of imidazole rings is 1. The number of nitrogens with zero attached hydrogens (tertiary/aromatic N) is 3. The molecule has 1 saturated carbocycles. The lowest BCUT2D eigenvalue weighted by molar-refractivity contribution is 0.261. The molecule has 114 valence electrons. The van der Waals surface area contributed by atoms with Crippen LogP contribution in [-0.2, 0) is 6.42 Å². The van der Waals surface area contributed by atoms with Gasteiger partial charge in [0.15, 0.2) is 5.65 Å². The molecule has 3 rings (SSSR count). The minimum Gasteiger partial charge on any atom is -0.310 e. The van der Waals surface area contributed by atoms with E-state index in [1.807, 2.05) is 6.20 Å². The second kappa shape index (κ2) is 6.66. The van der Waals surface area contributed by atoms with Crippen LogP contribution in [0.5, 0.6) is 0 Å². The van der Waals surface area contributed by atoms with Crippen molar-refractivity contribution in [3.63, 3.8) is 0 Å². The zero-order valence-corrected chi connectivity index (χ0v) is 14.7. The number of aryl methyl sites for hydroxylation is 1. The van der Waals surface area contributed by atoms with Gasteiger partial charge in [-0.3, -0.25) is 0 Å². The number of pyridine rings is 1. The summed E-state index contributed by atoms with van der Waals surface area (Å²) in [4.78, 5) is 9.40. The van der Waals surface area contributed by atoms with E-state index in [9.17, 15) is 0 Å². The topological polar surface area (TPSA) is 30.7 Å². The van der Waals surface area contributed by atoms with Gasteiger partial charge in [-0.25, -0.2) is 9.97 Å². The van der Waals surface area contributed by atoms with Crippen LogP contribution in [0.1, 0.15) is 50.9 Å². The molecule has 0 saturated heterocycles. The van der Waals surface area contributed by atoms with Gasteiger partial charge in [-0.1, -0.05) is 26.2 Å². The lowest BCUT2D eigenvalue weighted by Gasteiger charge is -2.30. The molecule has 1 aliphatic carbocycles. The molecule has 1 aliphatic rings. The maximum atomic E-state index is 5.98. The molecule has 2 atom stereocenters. The van der Waals surface area contributed by atoms with E-state index in [1.165, 1.54) is 32.1 Å². The predicted molar refractivity (Wildman–Crippen MR) is 90.9 cm³/mol. The molecule has 2 aromatic rings. The molecule has 21 heavy (non-hydrogen) atoms. The van der Waals surface area contributed by atoms with Gasteiger partial charge in [-0.05, 0) is 40.8 Å². The molecule has 2 heterocycles. The van der Waals surface area contributed by atoms with Crippen LogP contribution in [-0.4, -0.2) is 20.4 Å². The summed E-state index contributed by atoms with van der Waals surface area (Å²) >= 11 is 9.46. The van der Waals surface area contributed by atoms with Crippen LogP contribution in [0.4, 0.5) is 0 Å². The van der Waals surface area contributed by atoms with Gasteiger partial charge in [-0.2, -0.15) is 0 Å². The number of rotatable bonds is 4. The van der Waals surface area contributed by atoms with Gasteiger partial charge >= 0.3 is 0 Å². The summed E-state index contributed by atoms with van der Waals surface area (Å²) in [7, 11) is 0. The number of fused-ring (bicyclic) bond motifs is 1. The quantitative estimate of drug-likeness (QED) is 0.700. The van der Waals surface area contributed by atoms with E-state index in [2.05, 4.69) is 38.5 Å². The number of hydrogen-bond acceptors (Lipinski definition) is 2. The van der Waals surface area contributed by atoms with E-state index < -0.39 is 0 Å². The summed E-state index contributed by atoms with van der Waals surface area (Å²) in [5.41, 5.74) is 1.99. The van der Waals surface area contributed by atoms with Gasteiger partial charge in [0.1, 0.15) is 11.3 Å². The third-order valence-electron chi connectivity index (χ3n) is 4.59. The molecule has 2 unspecified atom stereocenters. The molecular weight excluding hydrogens is 350 g/mol. The Morgan fingerprint density at radius 3 is 3.05 bits per heavy atom. The van der Waals surface area contributed by atoms with Crippen molar-refractivity contribution >= 4 is 38.7 Å². The number of aromatic nitrogens is 3. The maximum Gasteiger partial charge on any atom is 0.160 e. The fourth-order valence-corrected chi connectivity index (χ4v) is 4.01. The summed E-state index contributed by atoms with van der Waals surface area (Å²) in [6.07, 6.45) is 9.09. The Balaban J connectivity index is 2.04. The zero-order chi connectivity index (χ0) is 14.8. The van der Waals surface area contributed by atoms with Gasteiger partial charge in [0, 0.05) is 29.0 Å². The van der Waals surface area contributed by atoms with Crippen LogP contribution >= 0.6 is 27.5 Å². The van der Waals surface area contributed by atoms with Crippen LogP contribution in [0.25, 0.3) is 11.2 Å². The summed E-state index contributed by atoms with van der Waals surface area (Å²) < 4.78 is 3.35. The van der Waals surface area contributed by atoms with Gasteiger partial charge in [0.2, 0.25) is 0 Å². The summed E-state index contributed by atoms with van der Waals surface area (Å²) in [6, 6.07) is 2.58. The first-order valence-corrected chi connectivity index (χ1v) is 9.14. The molecule has 5 heteroatoms. The number of alkyl halides is 1. The average molecular weight is 371 g/mol. The fraction of sp³-hybridized carbons (Fsp3) is 0.625. The smallest absolute Gasteiger partial charge is 0.160 e. The third-order valence-corrected chi connectivity index (χ3v) is 5.21. The molecule has 3 nitrogen and oxygen atoms in total. The first-order valence-electron chi connectivity index (χ1n) is 7.81. The molecule has 0 spiro atoms. The van der Waals surface area contributed by atoms with E-state index >= 15 is 0 Å². The summed E-state index contributed by atoms with van der Waals surface area (Å²) in [5, 5.41) is 0. The third kappa shape index (κ3) is 3.11. The zero-order valence-electron chi connectivity index (χ0n) is 12.4. The van der Waals surface area contributed by atoms with Gasteiger partial charge in [-0.15, -0.1) is 11.6 Å². The molecular formula is C16H21BrClN3. The maximum absolute atomic E-state index is 5.98. The van der Waals surface area contributed by atoms with Crippen LogP contribution in [0.2, 0.25) is 0 Å². The Hall–Kier alpha value is -0.610. The van der Waals surface area contributed by atoms with Crippen molar-refractivity contribution in [1.82, 2.24) is 14.5 Å². The minimum absolute atomic E-state index is 0.528. The highest BCUT2D eigenvalue weighted by molar-refractivity contribution is 9.10. The lowest BCUT2D eigenvalue weighted by Crippen LogP contribution is -2.21. The van der Waals surface area contributed by atoms with E-state index in [4.69, 9.17) is 16.6 Å². The molecule has 0 amide bonds. The lowest BCUT2D eigenvalue weighted by atomic mass is 9.84. The van der Waals surface area contributed by atoms with Crippen molar-refractivity contribution in [2.75, 3.05) is 5.88 Å². The van der Waals surface area contributed by atoms with Crippen molar-refractivity contribution in [2.24, 2.45) is 5.92 Å². The molecule has 0 N–H and O–H groups in total.